The number of likely N-dealkylation sites (tertiary alicyclic amines) is 1. The van der Waals surface area contributed by atoms with E-state index in [0.717, 1.165) is 17.8 Å². The van der Waals surface area contributed by atoms with Crippen molar-refractivity contribution in [2.75, 3.05) is 25.0 Å². The van der Waals surface area contributed by atoms with Gasteiger partial charge in [-0.2, -0.15) is 5.10 Å². The summed E-state index contributed by atoms with van der Waals surface area (Å²) >= 11 is 0. The number of carbonyl (C=O) groups excluding carboxylic acids is 1. The van der Waals surface area contributed by atoms with Crippen molar-refractivity contribution in [2.45, 2.75) is 6.42 Å². The summed E-state index contributed by atoms with van der Waals surface area (Å²) in [6, 6.07) is 9.25. The number of hydrogen-bond donors (Lipinski definition) is 2. The van der Waals surface area contributed by atoms with Crippen LogP contribution in [0.4, 0.5) is 10.5 Å². The SMILES string of the molecule is O=C(Nc1ccccc1-n1cccn1)N1CCC(CO)C1. The summed E-state index contributed by atoms with van der Waals surface area (Å²) in [5.74, 6) is 0.192. The molecule has 1 fully saturated rings. The highest BCUT2D eigenvalue weighted by Crippen LogP contribution is 2.21. The van der Waals surface area contributed by atoms with E-state index in [-0.39, 0.29) is 18.6 Å². The Morgan fingerprint density at radius 1 is 1.38 bits per heavy atom. The van der Waals surface area contributed by atoms with Gasteiger partial charge in [-0.05, 0) is 24.6 Å². The third-order valence-electron chi connectivity index (χ3n) is 3.73. The normalized spacial score (nSPS) is 18.0. The van der Waals surface area contributed by atoms with E-state index in [1.807, 2.05) is 36.5 Å². The molecule has 21 heavy (non-hydrogen) atoms. The second kappa shape index (κ2) is 5.97. The van der Waals surface area contributed by atoms with E-state index in [0.29, 0.717) is 13.1 Å². The average Bonchev–Trinajstić information content (AvgIpc) is 3.19. The number of aromatic nitrogens is 2. The fraction of sp³-hybridized carbons (Fsp3) is 0.333. The molecule has 1 unspecified atom stereocenters. The van der Waals surface area contributed by atoms with Gasteiger partial charge in [0, 0.05) is 38.0 Å². The van der Waals surface area contributed by atoms with Crippen LogP contribution < -0.4 is 5.32 Å². The van der Waals surface area contributed by atoms with E-state index in [9.17, 15) is 4.79 Å². The number of anilines is 1. The van der Waals surface area contributed by atoms with E-state index in [1.165, 1.54) is 0 Å². The predicted molar refractivity (Wildman–Crippen MR) is 79.3 cm³/mol. The summed E-state index contributed by atoms with van der Waals surface area (Å²) in [5, 5.41) is 16.3. The van der Waals surface area contributed by atoms with Crippen molar-refractivity contribution in [3.05, 3.63) is 42.7 Å². The summed E-state index contributed by atoms with van der Waals surface area (Å²) in [5.41, 5.74) is 1.55. The van der Waals surface area contributed by atoms with Crippen molar-refractivity contribution in [1.82, 2.24) is 14.7 Å². The lowest BCUT2D eigenvalue weighted by molar-refractivity contribution is 0.209. The van der Waals surface area contributed by atoms with Crippen LogP contribution in [0, 0.1) is 5.92 Å². The van der Waals surface area contributed by atoms with Crippen molar-refractivity contribution in [1.29, 1.82) is 0 Å². The van der Waals surface area contributed by atoms with E-state index in [2.05, 4.69) is 10.4 Å². The third kappa shape index (κ3) is 2.90. The van der Waals surface area contributed by atoms with E-state index >= 15 is 0 Å². The van der Waals surface area contributed by atoms with Crippen LogP contribution in [0.1, 0.15) is 6.42 Å². The Bertz CT molecular complexity index is 612. The zero-order valence-corrected chi connectivity index (χ0v) is 11.6. The van der Waals surface area contributed by atoms with Crippen LogP contribution in [0.15, 0.2) is 42.7 Å². The number of benzene rings is 1. The Morgan fingerprint density at radius 3 is 2.95 bits per heavy atom. The van der Waals surface area contributed by atoms with Crippen LogP contribution in [0.3, 0.4) is 0 Å². The number of carbonyl (C=O) groups is 1. The van der Waals surface area contributed by atoms with Crippen LogP contribution in [0.25, 0.3) is 5.69 Å². The summed E-state index contributed by atoms with van der Waals surface area (Å²) < 4.78 is 1.72. The van der Waals surface area contributed by atoms with Gasteiger partial charge in [0.15, 0.2) is 0 Å². The first-order chi connectivity index (χ1) is 10.3. The van der Waals surface area contributed by atoms with Crippen molar-refractivity contribution < 1.29 is 9.90 Å². The number of para-hydroxylation sites is 2. The number of aliphatic hydroxyl groups excluding tert-OH is 1. The predicted octanol–water partition coefficient (Wildman–Crippen LogP) is 1.72. The number of urea groups is 1. The molecular formula is C15H18N4O2. The number of nitrogens with one attached hydrogen (secondary N) is 1. The van der Waals surface area contributed by atoms with Gasteiger partial charge in [-0.3, -0.25) is 0 Å². The molecular weight excluding hydrogens is 268 g/mol. The quantitative estimate of drug-likeness (QED) is 0.902. The number of aliphatic hydroxyl groups is 1. The minimum atomic E-state index is -0.134. The molecule has 1 aliphatic heterocycles. The van der Waals surface area contributed by atoms with Crippen LogP contribution in [0.2, 0.25) is 0 Å². The highest BCUT2D eigenvalue weighted by atomic mass is 16.3. The van der Waals surface area contributed by atoms with E-state index in [4.69, 9.17) is 5.11 Å². The number of hydrogen-bond acceptors (Lipinski definition) is 3. The molecule has 2 aromatic rings. The Labute approximate surface area is 123 Å². The fourth-order valence-corrected chi connectivity index (χ4v) is 2.55. The summed E-state index contributed by atoms with van der Waals surface area (Å²) in [6.45, 7) is 1.42. The molecule has 2 N–H and O–H groups in total. The molecule has 2 amide bonds. The van der Waals surface area contributed by atoms with Gasteiger partial charge in [0.1, 0.15) is 0 Å². The molecule has 0 spiro atoms. The standard InChI is InChI=1S/C15H18N4O2/c20-11-12-6-9-18(10-12)15(21)17-13-4-1-2-5-14(13)19-8-3-7-16-19/h1-5,7-8,12,20H,6,9-11H2,(H,17,21). The van der Waals surface area contributed by atoms with Gasteiger partial charge in [-0.15, -0.1) is 0 Å². The molecule has 1 saturated heterocycles. The van der Waals surface area contributed by atoms with Crippen molar-refractivity contribution in [2.24, 2.45) is 5.92 Å². The average molecular weight is 286 g/mol. The maximum atomic E-state index is 12.3. The first-order valence-corrected chi connectivity index (χ1v) is 7.04. The highest BCUT2D eigenvalue weighted by Gasteiger charge is 2.26. The topological polar surface area (TPSA) is 70.4 Å². The zero-order chi connectivity index (χ0) is 14.7. The van der Waals surface area contributed by atoms with Gasteiger partial charge in [0.25, 0.3) is 0 Å². The first-order valence-electron chi connectivity index (χ1n) is 7.04. The lowest BCUT2D eigenvalue weighted by atomic mass is 10.1. The van der Waals surface area contributed by atoms with Crippen molar-refractivity contribution >= 4 is 11.7 Å². The summed E-state index contributed by atoms with van der Waals surface area (Å²) in [6.07, 6.45) is 4.39. The van der Waals surface area contributed by atoms with Crippen molar-refractivity contribution in [3.63, 3.8) is 0 Å². The smallest absolute Gasteiger partial charge is 0.321 e. The minimum Gasteiger partial charge on any atom is -0.396 e. The molecule has 1 atom stereocenters. The Hall–Kier alpha value is -2.34. The van der Waals surface area contributed by atoms with E-state index < -0.39 is 0 Å². The molecule has 2 heterocycles. The monoisotopic (exact) mass is 286 g/mol. The van der Waals surface area contributed by atoms with Crippen LogP contribution in [-0.2, 0) is 0 Å². The van der Waals surface area contributed by atoms with Crippen LogP contribution in [-0.4, -0.2) is 45.5 Å². The summed E-state index contributed by atoms with van der Waals surface area (Å²) in [7, 11) is 0. The Kier molecular flexibility index (Phi) is 3.87. The van der Waals surface area contributed by atoms with Crippen molar-refractivity contribution in [3.8, 4) is 5.69 Å². The van der Waals surface area contributed by atoms with Crippen LogP contribution in [0.5, 0.6) is 0 Å². The number of rotatable bonds is 3. The molecule has 0 radical (unpaired) electrons. The molecule has 3 rings (SSSR count). The molecule has 6 nitrogen and oxygen atoms in total. The third-order valence-corrected chi connectivity index (χ3v) is 3.73. The summed E-state index contributed by atoms with van der Waals surface area (Å²) in [4.78, 5) is 14.0. The Balaban J connectivity index is 1.75. The van der Waals surface area contributed by atoms with Gasteiger partial charge < -0.3 is 15.3 Å². The lowest BCUT2D eigenvalue weighted by Crippen LogP contribution is -2.33. The lowest BCUT2D eigenvalue weighted by Gasteiger charge is -2.18. The van der Waals surface area contributed by atoms with Gasteiger partial charge in [0.2, 0.25) is 0 Å². The number of nitrogens with zero attached hydrogens (tertiary/aromatic N) is 3. The van der Waals surface area contributed by atoms with E-state index in [1.54, 1.807) is 15.8 Å². The molecule has 1 aromatic heterocycles. The minimum absolute atomic E-state index is 0.133. The first kappa shape index (κ1) is 13.6. The second-order valence-corrected chi connectivity index (χ2v) is 5.18. The molecule has 0 aliphatic carbocycles. The second-order valence-electron chi connectivity index (χ2n) is 5.18. The molecule has 110 valence electrons. The molecule has 6 heteroatoms. The highest BCUT2D eigenvalue weighted by molar-refractivity contribution is 5.91. The molecule has 0 bridgehead atoms. The van der Waals surface area contributed by atoms with Gasteiger partial charge in [0.05, 0.1) is 11.4 Å². The Morgan fingerprint density at radius 2 is 2.24 bits per heavy atom. The van der Waals surface area contributed by atoms with Gasteiger partial charge >= 0.3 is 6.03 Å². The molecule has 1 aliphatic rings. The molecule has 0 saturated carbocycles. The zero-order valence-electron chi connectivity index (χ0n) is 11.6. The number of amides is 2. The largest absolute Gasteiger partial charge is 0.396 e. The van der Waals surface area contributed by atoms with Crippen LogP contribution >= 0.6 is 0 Å². The maximum Gasteiger partial charge on any atom is 0.321 e. The maximum absolute atomic E-state index is 12.3. The van der Waals surface area contributed by atoms with Gasteiger partial charge in [-0.25, -0.2) is 9.48 Å². The molecule has 1 aromatic carbocycles. The van der Waals surface area contributed by atoms with Gasteiger partial charge in [-0.1, -0.05) is 12.1 Å². The fourth-order valence-electron chi connectivity index (χ4n) is 2.55.